The molecule has 0 aliphatic rings. The normalized spacial score (nSPS) is 11.6. The largest absolute Gasteiger partial charge is 0.497 e. The maximum Gasteiger partial charge on any atom is 0.319 e. The summed E-state index contributed by atoms with van der Waals surface area (Å²) in [7, 11) is 1.63. The molecule has 1 heterocycles. The molecule has 0 spiro atoms. The van der Waals surface area contributed by atoms with Gasteiger partial charge in [-0.05, 0) is 55.5 Å². The van der Waals surface area contributed by atoms with Crippen LogP contribution < -0.4 is 20.7 Å². The fourth-order valence-electron chi connectivity index (χ4n) is 3.42. The van der Waals surface area contributed by atoms with Crippen molar-refractivity contribution in [1.82, 2.24) is 15.5 Å². The van der Waals surface area contributed by atoms with Gasteiger partial charge in [-0.2, -0.15) is 0 Å². The number of aromatic nitrogens is 2. The van der Waals surface area contributed by atoms with Crippen LogP contribution >= 0.6 is 0 Å². The number of anilines is 2. The molecule has 0 fully saturated rings. The molecule has 0 saturated carbocycles. The molecule has 0 bridgehead atoms. The number of nitrogens with one attached hydrogen (secondary N) is 3. The van der Waals surface area contributed by atoms with Crippen LogP contribution in [-0.4, -0.2) is 35.9 Å². The highest BCUT2D eigenvalue weighted by Gasteiger charge is 2.13. The summed E-state index contributed by atoms with van der Waals surface area (Å²) in [5, 5.41) is 19.5. The van der Waals surface area contributed by atoms with E-state index < -0.39 is 0 Å². The molecule has 168 valence electrons. The molecule has 1 atom stereocenters. The van der Waals surface area contributed by atoms with Crippen molar-refractivity contribution in [1.29, 1.82) is 0 Å². The maximum absolute atomic E-state index is 13.0. The summed E-state index contributed by atoms with van der Waals surface area (Å²) in [5.74, 6) is 1.06. The van der Waals surface area contributed by atoms with Crippen molar-refractivity contribution >= 4 is 28.3 Å². The molecule has 0 saturated heterocycles. The fraction of sp³-hybridized carbons (Fsp3) is 0.160. The quantitative estimate of drug-likeness (QED) is 0.370. The van der Waals surface area contributed by atoms with E-state index in [0.29, 0.717) is 18.1 Å². The number of nitrogens with zero attached hydrogens (tertiary/aromatic N) is 2. The molecular formula is C25H24FN5O2. The lowest BCUT2D eigenvalue weighted by molar-refractivity contribution is 0.249. The molecule has 0 aliphatic heterocycles. The molecule has 33 heavy (non-hydrogen) atoms. The topological polar surface area (TPSA) is 88.2 Å². The molecule has 0 unspecified atom stereocenters. The number of halogens is 1. The van der Waals surface area contributed by atoms with Crippen LogP contribution in [0.5, 0.6) is 5.75 Å². The smallest absolute Gasteiger partial charge is 0.319 e. The van der Waals surface area contributed by atoms with Crippen molar-refractivity contribution in [2.24, 2.45) is 0 Å². The summed E-state index contributed by atoms with van der Waals surface area (Å²) in [6.07, 6.45) is 0. The van der Waals surface area contributed by atoms with Crippen LogP contribution in [0.3, 0.4) is 0 Å². The van der Waals surface area contributed by atoms with Gasteiger partial charge in [0.15, 0.2) is 5.82 Å². The highest BCUT2D eigenvalue weighted by atomic mass is 19.1. The molecule has 7 nitrogen and oxygen atoms in total. The van der Waals surface area contributed by atoms with Crippen molar-refractivity contribution in [3.8, 4) is 17.0 Å². The SMILES string of the molecule is COc1ccc(-c2nnc(NC[C@H](C)NC(=O)Nc3ccc(F)cc3)c3ccccc23)cc1. The van der Waals surface area contributed by atoms with E-state index in [1.54, 1.807) is 7.11 Å². The molecule has 3 aromatic carbocycles. The highest BCUT2D eigenvalue weighted by molar-refractivity contribution is 6.00. The highest BCUT2D eigenvalue weighted by Crippen LogP contribution is 2.30. The number of benzene rings is 3. The number of carbonyl (C=O) groups excluding carboxylic acids is 1. The first-order valence-corrected chi connectivity index (χ1v) is 10.5. The molecule has 3 N–H and O–H groups in total. The van der Waals surface area contributed by atoms with E-state index >= 15 is 0 Å². The van der Waals surface area contributed by atoms with Crippen molar-refractivity contribution in [3.05, 3.63) is 78.6 Å². The second kappa shape index (κ2) is 9.95. The van der Waals surface area contributed by atoms with Gasteiger partial charge in [0, 0.05) is 34.6 Å². The minimum absolute atomic E-state index is 0.202. The van der Waals surface area contributed by atoms with Crippen LogP contribution in [0.4, 0.5) is 20.7 Å². The van der Waals surface area contributed by atoms with E-state index in [-0.39, 0.29) is 17.9 Å². The predicted molar refractivity (Wildman–Crippen MR) is 128 cm³/mol. The third-order valence-electron chi connectivity index (χ3n) is 5.11. The Hall–Kier alpha value is -4.20. The second-order valence-electron chi connectivity index (χ2n) is 7.56. The number of carbonyl (C=O) groups is 1. The number of hydrogen-bond donors (Lipinski definition) is 3. The van der Waals surface area contributed by atoms with Gasteiger partial charge in [-0.1, -0.05) is 24.3 Å². The van der Waals surface area contributed by atoms with Gasteiger partial charge in [-0.15, -0.1) is 10.2 Å². The molecule has 4 aromatic rings. The van der Waals surface area contributed by atoms with Crippen LogP contribution in [0.15, 0.2) is 72.8 Å². The van der Waals surface area contributed by atoms with Crippen molar-refractivity contribution in [2.75, 3.05) is 24.3 Å². The van der Waals surface area contributed by atoms with Crippen LogP contribution in [0, 0.1) is 5.82 Å². The Bertz CT molecular complexity index is 1250. The third kappa shape index (κ3) is 5.35. The van der Waals surface area contributed by atoms with Crippen LogP contribution in [0.1, 0.15) is 6.92 Å². The first kappa shape index (κ1) is 22.0. The molecule has 0 aliphatic carbocycles. The number of rotatable bonds is 7. The van der Waals surface area contributed by atoms with Crippen LogP contribution in [0.2, 0.25) is 0 Å². The Labute approximate surface area is 191 Å². The number of fused-ring (bicyclic) bond motifs is 1. The van der Waals surface area contributed by atoms with Gasteiger partial charge in [0.1, 0.15) is 17.3 Å². The molecule has 8 heteroatoms. The summed E-state index contributed by atoms with van der Waals surface area (Å²) < 4.78 is 18.2. The van der Waals surface area contributed by atoms with Gasteiger partial charge in [-0.3, -0.25) is 0 Å². The van der Waals surface area contributed by atoms with Crippen LogP contribution in [-0.2, 0) is 0 Å². The molecule has 0 radical (unpaired) electrons. The maximum atomic E-state index is 13.0. The second-order valence-corrected chi connectivity index (χ2v) is 7.56. The average molecular weight is 445 g/mol. The standard InChI is InChI=1S/C25H24FN5O2/c1-16(28-25(32)29-19-11-9-18(26)10-12-19)15-27-24-22-6-4-3-5-21(22)23(30-31-24)17-7-13-20(33-2)14-8-17/h3-14,16H,15H2,1-2H3,(H,27,31)(H2,28,29,32)/t16-/m0/s1. The molecular weight excluding hydrogens is 421 g/mol. The number of urea groups is 1. The van der Waals surface area contributed by atoms with Gasteiger partial charge in [0.05, 0.1) is 7.11 Å². The lowest BCUT2D eigenvalue weighted by Crippen LogP contribution is -2.40. The first-order valence-electron chi connectivity index (χ1n) is 10.5. The number of methoxy groups -OCH3 is 1. The van der Waals surface area contributed by atoms with E-state index in [9.17, 15) is 9.18 Å². The summed E-state index contributed by atoms with van der Waals surface area (Å²) in [6.45, 7) is 2.32. The monoisotopic (exact) mass is 445 g/mol. The minimum Gasteiger partial charge on any atom is -0.497 e. The van der Waals surface area contributed by atoms with Crippen molar-refractivity contribution in [3.63, 3.8) is 0 Å². The van der Waals surface area contributed by atoms with Crippen molar-refractivity contribution in [2.45, 2.75) is 13.0 Å². The molecule has 1 aromatic heterocycles. The van der Waals surface area contributed by atoms with E-state index in [1.165, 1.54) is 24.3 Å². The molecule has 2 amide bonds. The first-order chi connectivity index (χ1) is 16.0. The number of ether oxygens (including phenoxy) is 1. The zero-order valence-electron chi connectivity index (χ0n) is 18.3. The minimum atomic E-state index is -0.373. The zero-order valence-corrected chi connectivity index (χ0v) is 18.3. The van der Waals surface area contributed by atoms with Gasteiger partial charge in [0.25, 0.3) is 0 Å². The third-order valence-corrected chi connectivity index (χ3v) is 5.11. The summed E-state index contributed by atoms with van der Waals surface area (Å²) in [5.41, 5.74) is 2.24. The van der Waals surface area contributed by atoms with E-state index in [0.717, 1.165) is 27.8 Å². The Morgan fingerprint density at radius 3 is 2.36 bits per heavy atom. The Kier molecular flexibility index (Phi) is 6.64. The lowest BCUT2D eigenvalue weighted by Gasteiger charge is -2.17. The number of hydrogen-bond acceptors (Lipinski definition) is 5. The number of amides is 2. The van der Waals surface area contributed by atoms with E-state index in [4.69, 9.17) is 4.74 Å². The Morgan fingerprint density at radius 2 is 1.67 bits per heavy atom. The Balaban J connectivity index is 1.44. The summed E-state index contributed by atoms with van der Waals surface area (Å²) >= 11 is 0. The van der Waals surface area contributed by atoms with Crippen molar-refractivity contribution < 1.29 is 13.9 Å². The summed E-state index contributed by atoms with van der Waals surface area (Å²) in [6, 6.07) is 20.6. The van der Waals surface area contributed by atoms with Gasteiger partial charge >= 0.3 is 6.03 Å². The van der Waals surface area contributed by atoms with Crippen LogP contribution in [0.25, 0.3) is 22.0 Å². The van der Waals surface area contributed by atoms with Gasteiger partial charge in [0.2, 0.25) is 0 Å². The predicted octanol–water partition coefficient (Wildman–Crippen LogP) is 5.07. The van der Waals surface area contributed by atoms with E-state index in [1.807, 2.05) is 55.5 Å². The lowest BCUT2D eigenvalue weighted by atomic mass is 10.0. The average Bonchev–Trinajstić information content (AvgIpc) is 2.84. The van der Waals surface area contributed by atoms with E-state index in [2.05, 4.69) is 26.1 Å². The molecule has 4 rings (SSSR count). The zero-order chi connectivity index (χ0) is 23.2. The van der Waals surface area contributed by atoms with Gasteiger partial charge < -0.3 is 20.7 Å². The Morgan fingerprint density at radius 1 is 0.970 bits per heavy atom. The fourth-order valence-corrected chi connectivity index (χ4v) is 3.42. The van der Waals surface area contributed by atoms with Gasteiger partial charge in [-0.25, -0.2) is 9.18 Å². The summed E-state index contributed by atoms with van der Waals surface area (Å²) in [4.78, 5) is 12.2.